The molecule has 0 atom stereocenters. The van der Waals surface area contributed by atoms with Gasteiger partial charge < -0.3 is 5.32 Å². The van der Waals surface area contributed by atoms with E-state index < -0.39 is 0 Å². The lowest BCUT2D eigenvalue weighted by atomic mass is 9.97. The average molecular weight is 286 g/mol. The Kier molecular flexibility index (Phi) is 5.49. The molecule has 0 saturated heterocycles. The number of nitrogens with one attached hydrogen (secondary N) is 1. The van der Waals surface area contributed by atoms with Crippen molar-refractivity contribution >= 4 is 11.6 Å². The zero-order chi connectivity index (χ0) is 15.1. The summed E-state index contributed by atoms with van der Waals surface area (Å²) in [5, 5.41) is 2.96. The van der Waals surface area contributed by atoms with E-state index in [1.54, 1.807) is 18.7 Å². The van der Waals surface area contributed by atoms with Crippen LogP contribution in [0.25, 0.3) is 5.82 Å². The maximum atomic E-state index is 12.3. The van der Waals surface area contributed by atoms with Gasteiger partial charge in [0.05, 0.1) is 11.9 Å². The molecule has 0 bridgehead atoms. The molecule has 0 spiro atoms. The second-order valence-corrected chi connectivity index (χ2v) is 5.14. The summed E-state index contributed by atoms with van der Waals surface area (Å²) in [4.78, 5) is 20.6. The Morgan fingerprint density at radius 3 is 2.57 bits per heavy atom. The van der Waals surface area contributed by atoms with E-state index >= 15 is 0 Å². The van der Waals surface area contributed by atoms with Crippen LogP contribution in [0.15, 0.2) is 37.1 Å². The van der Waals surface area contributed by atoms with E-state index in [2.05, 4.69) is 29.1 Å². The Morgan fingerprint density at radius 1 is 1.29 bits per heavy atom. The molecule has 1 N–H and O–H groups in total. The molecule has 0 aliphatic rings. The van der Waals surface area contributed by atoms with Gasteiger partial charge in [-0.3, -0.25) is 9.36 Å². The highest BCUT2D eigenvalue weighted by atomic mass is 16.1. The Balaban J connectivity index is 2.00. The molecular formula is C16H22N4O. The predicted octanol–water partition coefficient (Wildman–Crippen LogP) is 3.42. The Hall–Kier alpha value is -2.17. The molecule has 2 heterocycles. The van der Waals surface area contributed by atoms with Gasteiger partial charge in [-0.15, -0.1) is 0 Å². The Morgan fingerprint density at radius 2 is 2.05 bits per heavy atom. The highest BCUT2D eigenvalue weighted by molar-refractivity contribution is 5.92. The van der Waals surface area contributed by atoms with Crippen LogP contribution in [0.5, 0.6) is 0 Å². The number of nitrogens with zero attached hydrogens (tertiary/aromatic N) is 3. The van der Waals surface area contributed by atoms with Gasteiger partial charge in [-0.05, 0) is 25.0 Å². The van der Waals surface area contributed by atoms with Gasteiger partial charge in [-0.1, -0.05) is 26.7 Å². The fraction of sp³-hybridized carbons (Fsp3) is 0.438. The minimum absolute atomic E-state index is 0.0910. The minimum Gasteiger partial charge on any atom is -0.324 e. The Labute approximate surface area is 125 Å². The van der Waals surface area contributed by atoms with Crippen LogP contribution in [0.1, 0.15) is 39.5 Å². The topological polar surface area (TPSA) is 59.8 Å². The first-order valence-electron chi connectivity index (χ1n) is 7.49. The van der Waals surface area contributed by atoms with Crippen molar-refractivity contribution in [1.82, 2.24) is 14.5 Å². The third-order valence-electron chi connectivity index (χ3n) is 3.43. The van der Waals surface area contributed by atoms with Crippen molar-refractivity contribution in [1.29, 1.82) is 0 Å². The highest BCUT2D eigenvalue weighted by Gasteiger charge is 2.16. The largest absolute Gasteiger partial charge is 0.324 e. The van der Waals surface area contributed by atoms with Crippen LogP contribution in [0.4, 0.5) is 5.69 Å². The van der Waals surface area contributed by atoms with E-state index in [9.17, 15) is 4.79 Å². The maximum Gasteiger partial charge on any atom is 0.227 e. The summed E-state index contributed by atoms with van der Waals surface area (Å²) in [6.07, 6.45) is 10.8. The van der Waals surface area contributed by atoms with Gasteiger partial charge in [0.2, 0.25) is 5.91 Å². The average Bonchev–Trinajstić information content (AvgIpc) is 3.02. The monoisotopic (exact) mass is 286 g/mol. The zero-order valence-corrected chi connectivity index (χ0v) is 12.6. The summed E-state index contributed by atoms with van der Waals surface area (Å²) >= 11 is 0. The minimum atomic E-state index is 0.0910. The van der Waals surface area contributed by atoms with Crippen molar-refractivity contribution in [3.63, 3.8) is 0 Å². The number of aromatic nitrogens is 3. The van der Waals surface area contributed by atoms with E-state index in [0.717, 1.165) is 37.2 Å². The van der Waals surface area contributed by atoms with Gasteiger partial charge in [0.15, 0.2) is 0 Å². The quantitative estimate of drug-likeness (QED) is 0.848. The molecule has 5 heteroatoms. The van der Waals surface area contributed by atoms with Crippen LogP contribution >= 0.6 is 0 Å². The van der Waals surface area contributed by atoms with Gasteiger partial charge >= 0.3 is 0 Å². The normalized spacial score (nSPS) is 10.8. The van der Waals surface area contributed by atoms with E-state index in [0.29, 0.717) is 0 Å². The molecule has 2 aromatic heterocycles. The molecular weight excluding hydrogens is 264 g/mol. The molecule has 112 valence electrons. The predicted molar refractivity (Wildman–Crippen MR) is 83.3 cm³/mol. The number of anilines is 1. The smallest absolute Gasteiger partial charge is 0.227 e. The van der Waals surface area contributed by atoms with Gasteiger partial charge in [0.25, 0.3) is 0 Å². The molecule has 0 aromatic carbocycles. The number of hydrogen-bond acceptors (Lipinski definition) is 3. The lowest BCUT2D eigenvalue weighted by Crippen LogP contribution is -2.22. The molecule has 1 amide bonds. The maximum absolute atomic E-state index is 12.3. The van der Waals surface area contributed by atoms with E-state index in [1.807, 2.05) is 22.9 Å². The van der Waals surface area contributed by atoms with Crippen LogP contribution < -0.4 is 5.32 Å². The first-order valence-corrected chi connectivity index (χ1v) is 7.49. The molecule has 0 saturated carbocycles. The van der Waals surface area contributed by atoms with E-state index in [1.165, 1.54) is 0 Å². The molecule has 2 aromatic rings. The number of carbonyl (C=O) groups excluding carboxylic acids is 1. The number of hydrogen-bond donors (Lipinski definition) is 1. The summed E-state index contributed by atoms with van der Waals surface area (Å²) < 4.78 is 1.82. The third kappa shape index (κ3) is 4.15. The number of imidazole rings is 1. The fourth-order valence-electron chi connectivity index (χ4n) is 2.36. The molecule has 21 heavy (non-hydrogen) atoms. The van der Waals surface area contributed by atoms with Crippen molar-refractivity contribution in [2.24, 2.45) is 5.92 Å². The van der Waals surface area contributed by atoms with Crippen molar-refractivity contribution in [3.05, 3.63) is 37.1 Å². The summed E-state index contributed by atoms with van der Waals surface area (Å²) in [6, 6.07) is 3.74. The fourth-order valence-corrected chi connectivity index (χ4v) is 2.36. The molecule has 2 rings (SSSR count). The molecule has 0 unspecified atom stereocenters. The first kappa shape index (κ1) is 15.2. The molecule has 0 aliphatic heterocycles. The molecule has 0 radical (unpaired) electrons. The van der Waals surface area contributed by atoms with E-state index in [4.69, 9.17) is 0 Å². The first-order chi connectivity index (χ1) is 10.2. The number of pyridine rings is 1. The van der Waals surface area contributed by atoms with Gasteiger partial charge in [0.1, 0.15) is 12.1 Å². The third-order valence-corrected chi connectivity index (χ3v) is 3.43. The summed E-state index contributed by atoms with van der Waals surface area (Å²) in [6.45, 7) is 4.22. The summed E-state index contributed by atoms with van der Waals surface area (Å²) in [5.41, 5.74) is 0.737. The second-order valence-electron chi connectivity index (χ2n) is 5.14. The van der Waals surface area contributed by atoms with Crippen molar-refractivity contribution in [2.45, 2.75) is 39.5 Å². The van der Waals surface area contributed by atoms with Crippen molar-refractivity contribution in [2.75, 3.05) is 5.32 Å². The lowest BCUT2D eigenvalue weighted by Gasteiger charge is -2.15. The standard InChI is InChI=1S/C16H22N4O/c1-3-5-13(6-4-2)16(21)19-14-7-8-15(18-11-14)20-10-9-17-12-20/h7-13H,3-6H2,1-2H3,(H,19,21). The van der Waals surface area contributed by atoms with Crippen LogP contribution in [0, 0.1) is 5.92 Å². The summed E-state index contributed by atoms with van der Waals surface area (Å²) in [7, 11) is 0. The van der Waals surface area contributed by atoms with Gasteiger partial charge in [-0.2, -0.15) is 0 Å². The van der Waals surface area contributed by atoms with Crippen LogP contribution in [0.3, 0.4) is 0 Å². The molecule has 5 nitrogen and oxygen atoms in total. The zero-order valence-electron chi connectivity index (χ0n) is 12.6. The van der Waals surface area contributed by atoms with Gasteiger partial charge in [-0.25, -0.2) is 9.97 Å². The van der Waals surface area contributed by atoms with Crippen LogP contribution in [-0.2, 0) is 4.79 Å². The molecule has 0 fully saturated rings. The van der Waals surface area contributed by atoms with Crippen LogP contribution in [-0.4, -0.2) is 20.4 Å². The van der Waals surface area contributed by atoms with E-state index in [-0.39, 0.29) is 11.8 Å². The number of amides is 1. The van der Waals surface area contributed by atoms with Crippen molar-refractivity contribution < 1.29 is 4.79 Å². The van der Waals surface area contributed by atoms with Crippen molar-refractivity contribution in [3.8, 4) is 5.82 Å². The second kappa shape index (κ2) is 7.57. The highest BCUT2D eigenvalue weighted by Crippen LogP contribution is 2.17. The number of rotatable bonds is 7. The Bertz CT molecular complexity index is 542. The SMILES string of the molecule is CCCC(CCC)C(=O)Nc1ccc(-n2ccnc2)nc1. The lowest BCUT2D eigenvalue weighted by molar-refractivity contribution is -0.120. The summed E-state index contributed by atoms with van der Waals surface area (Å²) in [5.74, 6) is 0.966. The molecule has 0 aliphatic carbocycles. The van der Waals surface area contributed by atoms with Crippen LogP contribution in [0.2, 0.25) is 0 Å². The number of carbonyl (C=O) groups is 1. The van der Waals surface area contributed by atoms with Gasteiger partial charge in [0, 0.05) is 18.3 Å².